The maximum Gasteiger partial charge on any atom is 0.249 e. The van der Waals surface area contributed by atoms with E-state index in [0.717, 1.165) is 5.56 Å². The number of para-hydroxylation sites is 1. The minimum absolute atomic E-state index is 0.0112. The Morgan fingerprint density at radius 3 is 2.62 bits per heavy atom. The number of ether oxygens (including phenoxy) is 1. The van der Waals surface area contributed by atoms with Gasteiger partial charge in [-0.05, 0) is 17.7 Å². The van der Waals surface area contributed by atoms with Crippen molar-refractivity contribution in [2.24, 2.45) is 0 Å². The van der Waals surface area contributed by atoms with E-state index >= 15 is 0 Å². The molecule has 1 fully saturated rings. The Balaban J connectivity index is 1.77. The molecule has 0 saturated carbocycles. The molecule has 0 aliphatic carbocycles. The molecule has 0 unspecified atom stereocenters. The lowest BCUT2D eigenvalue weighted by Gasteiger charge is -2.34. The minimum atomic E-state index is -0.692. The van der Waals surface area contributed by atoms with E-state index in [0.29, 0.717) is 17.3 Å². The van der Waals surface area contributed by atoms with Gasteiger partial charge in [0.25, 0.3) is 0 Å². The van der Waals surface area contributed by atoms with Crippen molar-refractivity contribution in [3.05, 3.63) is 65.2 Å². The molecular formula is C18H17ClN2O3. The van der Waals surface area contributed by atoms with E-state index in [9.17, 15) is 9.59 Å². The predicted octanol–water partition coefficient (Wildman–Crippen LogP) is 2.71. The summed E-state index contributed by atoms with van der Waals surface area (Å²) in [6, 6.07) is 15.8. The van der Waals surface area contributed by atoms with E-state index in [-0.39, 0.29) is 25.0 Å². The summed E-state index contributed by atoms with van der Waals surface area (Å²) in [6.45, 7) is 0.515. The van der Waals surface area contributed by atoms with Gasteiger partial charge in [-0.3, -0.25) is 9.59 Å². The maximum atomic E-state index is 12.6. The Morgan fingerprint density at radius 1 is 1.17 bits per heavy atom. The first-order valence-corrected chi connectivity index (χ1v) is 7.99. The third-order valence-electron chi connectivity index (χ3n) is 3.83. The number of benzene rings is 2. The van der Waals surface area contributed by atoms with Gasteiger partial charge >= 0.3 is 0 Å². The Bertz CT molecular complexity index is 736. The Morgan fingerprint density at radius 2 is 1.88 bits per heavy atom. The zero-order valence-corrected chi connectivity index (χ0v) is 13.7. The van der Waals surface area contributed by atoms with Gasteiger partial charge in [0.05, 0.1) is 17.3 Å². The molecular weight excluding hydrogens is 328 g/mol. The molecule has 6 heteroatoms. The number of carbonyl (C=O) groups excluding carboxylic acids is 2. The molecule has 0 spiro atoms. The lowest BCUT2D eigenvalue weighted by molar-refractivity contribution is -0.154. The summed E-state index contributed by atoms with van der Waals surface area (Å²) in [5.41, 5.74) is 1.48. The lowest BCUT2D eigenvalue weighted by Crippen LogP contribution is -2.54. The zero-order chi connectivity index (χ0) is 16.9. The number of nitrogens with zero attached hydrogens (tertiary/aromatic N) is 1. The highest BCUT2D eigenvalue weighted by Crippen LogP contribution is 2.22. The van der Waals surface area contributed by atoms with Gasteiger partial charge < -0.3 is 15.0 Å². The Labute approximate surface area is 145 Å². The molecule has 1 saturated heterocycles. The molecule has 124 valence electrons. The smallest absolute Gasteiger partial charge is 0.249 e. The van der Waals surface area contributed by atoms with Crippen LogP contribution in [0.3, 0.4) is 0 Å². The summed E-state index contributed by atoms with van der Waals surface area (Å²) in [5.74, 6) is -0.517. The van der Waals surface area contributed by atoms with Crippen molar-refractivity contribution in [3.63, 3.8) is 0 Å². The molecule has 1 atom stereocenters. The van der Waals surface area contributed by atoms with E-state index in [4.69, 9.17) is 16.3 Å². The van der Waals surface area contributed by atoms with Gasteiger partial charge in [-0.2, -0.15) is 0 Å². The number of amides is 2. The van der Waals surface area contributed by atoms with Gasteiger partial charge in [-0.25, -0.2) is 0 Å². The molecule has 2 aromatic rings. The van der Waals surface area contributed by atoms with Crippen molar-refractivity contribution < 1.29 is 14.3 Å². The van der Waals surface area contributed by atoms with Crippen molar-refractivity contribution >= 4 is 29.1 Å². The fourth-order valence-corrected chi connectivity index (χ4v) is 2.76. The summed E-state index contributed by atoms with van der Waals surface area (Å²) in [5, 5.41) is 3.22. The number of morpholine rings is 1. The molecule has 3 rings (SSSR count). The highest BCUT2D eigenvalue weighted by Gasteiger charge is 2.34. The number of rotatable bonds is 4. The molecule has 1 heterocycles. The van der Waals surface area contributed by atoms with Crippen molar-refractivity contribution in [1.29, 1.82) is 0 Å². The lowest BCUT2D eigenvalue weighted by atomic mass is 10.1. The summed E-state index contributed by atoms with van der Waals surface area (Å²) in [7, 11) is 0. The van der Waals surface area contributed by atoms with Gasteiger partial charge in [-0.1, -0.05) is 54.1 Å². The number of nitrogens with one attached hydrogen (secondary N) is 1. The molecule has 24 heavy (non-hydrogen) atoms. The summed E-state index contributed by atoms with van der Waals surface area (Å²) >= 11 is 6.08. The monoisotopic (exact) mass is 344 g/mol. The van der Waals surface area contributed by atoms with Crippen LogP contribution in [0.4, 0.5) is 5.69 Å². The quantitative estimate of drug-likeness (QED) is 0.927. The van der Waals surface area contributed by atoms with Crippen molar-refractivity contribution in [1.82, 2.24) is 4.90 Å². The number of halogens is 1. The highest BCUT2D eigenvalue weighted by atomic mass is 35.5. The predicted molar refractivity (Wildman–Crippen MR) is 91.7 cm³/mol. The van der Waals surface area contributed by atoms with Crippen molar-refractivity contribution in [3.8, 4) is 0 Å². The van der Waals surface area contributed by atoms with Crippen LogP contribution < -0.4 is 5.32 Å². The van der Waals surface area contributed by atoms with Crippen LogP contribution in [0.5, 0.6) is 0 Å². The van der Waals surface area contributed by atoms with E-state index < -0.39 is 6.04 Å². The van der Waals surface area contributed by atoms with Crippen LogP contribution in [0, 0.1) is 0 Å². The van der Waals surface area contributed by atoms with Crippen LogP contribution >= 0.6 is 11.6 Å². The van der Waals surface area contributed by atoms with Gasteiger partial charge in [0, 0.05) is 6.54 Å². The second kappa shape index (κ2) is 7.47. The highest BCUT2D eigenvalue weighted by molar-refractivity contribution is 6.33. The molecule has 5 nitrogen and oxygen atoms in total. The average molecular weight is 345 g/mol. The number of hydrogen-bond acceptors (Lipinski definition) is 3. The number of anilines is 1. The molecule has 2 amide bonds. The van der Waals surface area contributed by atoms with Gasteiger partial charge in [-0.15, -0.1) is 0 Å². The second-order valence-electron chi connectivity index (χ2n) is 5.51. The van der Waals surface area contributed by atoms with E-state index in [1.807, 2.05) is 30.3 Å². The van der Waals surface area contributed by atoms with Crippen LogP contribution in [0.2, 0.25) is 5.02 Å². The number of carbonyl (C=O) groups is 2. The molecule has 0 aromatic heterocycles. The topological polar surface area (TPSA) is 58.6 Å². The molecule has 1 aliphatic rings. The first-order chi connectivity index (χ1) is 11.6. The SMILES string of the molecule is O=C(Nc1ccccc1Cl)[C@H]1COCC(=O)N1Cc1ccccc1. The Hall–Kier alpha value is -2.37. The van der Waals surface area contributed by atoms with E-state index in [1.165, 1.54) is 0 Å². The van der Waals surface area contributed by atoms with Gasteiger partial charge in [0.1, 0.15) is 12.6 Å². The van der Waals surface area contributed by atoms with Crippen LogP contribution in [-0.4, -0.2) is 36.0 Å². The maximum absolute atomic E-state index is 12.6. The zero-order valence-electron chi connectivity index (χ0n) is 12.9. The average Bonchev–Trinajstić information content (AvgIpc) is 2.59. The fraction of sp³-hybridized carbons (Fsp3) is 0.222. The van der Waals surface area contributed by atoms with Crippen molar-refractivity contribution in [2.75, 3.05) is 18.5 Å². The largest absolute Gasteiger partial charge is 0.369 e. The van der Waals surface area contributed by atoms with E-state index in [1.54, 1.807) is 29.2 Å². The van der Waals surface area contributed by atoms with Crippen LogP contribution in [0.25, 0.3) is 0 Å². The first-order valence-electron chi connectivity index (χ1n) is 7.61. The molecule has 0 bridgehead atoms. The van der Waals surface area contributed by atoms with Crippen molar-refractivity contribution in [2.45, 2.75) is 12.6 Å². The second-order valence-corrected chi connectivity index (χ2v) is 5.91. The van der Waals surface area contributed by atoms with E-state index in [2.05, 4.69) is 5.32 Å². The van der Waals surface area contributed by atoms with Gasteiger partial charge in [0.2, 0.25) is 11.8 Å². The third-order valence-corrected chi connectivity index (χ3v) is 4.16. The first kappa shape index (κ1) is 16.5. The molecule has 1 aliphatic heterocycles. The summed E-state index contributed by atoms with van der Waals surface area (Å²) in [6.07, 6.45) is 0. The number of hydrogen-bond donors (Lipinski definition) is 1. The van der Waals surface area contributed by atoms with Crippen LogP contribution in [0.15, 0.2) is 54.6 Å². The minimum Gasteiger partial charge on any atom is -0.369 e. The fourth-order valence-electron chi connectivity index (χ4n) is 2.58. The molecule has 1 N–H and O–H groups in total. The summed E-state index contributed by atoms with van der Waals surface area (Å²) < 4.78 is 5.27. The van der Waals surface area contributed by atoms with Crippen LogP contribution in [0.1, 0.15) is 5.56 Å². The normalized spacial score (nSPS) is 17.6. The third kappa shape index (κ3) is 3.75. The summed E-state index contributed by atoms with van der Waals surface area (Å²) in [4.78, 5) is 26.4. The van der Waals surface area contributed by atoms with Gasteiger partial charge in [0.15, 0.2) is 0 Å². The Kier molecular flexibility index (Phi) is 5.13. The van der Waals surface area contributed by atoms with Crippen LogP contribution in [-0.2, 0) is 20.9 Å². The molecule has 2 aromatic carbocycles. The molecule has 0 radical (unpaired) electrons. The standard InChI is InChI=1S/C18H17ClN2O3/c19-14-8-4-5-9-15(14)20-18(23)16-11-24-12-17(22)21(16)10-13-6-2-1-3-7-13/h1-9,16H,10-12H2,(H,20,23)/t16-/m1/s1.